The molecule has 5 nitrogen and oxygen atoms in total. The van der Waals surface area contributed by atoms with Gasteiger partial charge in [-0.05, 0) is 6.42 Å². The Kier molecular flexibility index (Phi) is 5.32. The summed E-state index contributed by atoms with van der Waals surface area (Å²) in [6.07, 6.45) is -0.0128. The maximum atomic E-state index is 10.4. The quantitative estimate of drug-likeness (QED) is 0.391. The van der Waals surface area contributed by atoms with E-state index in [0.29, 0.717) is 6.42 Å². The predicted molar refractivity (Wildman–Crippen MR) is 37.7 cm³/mol. The van der Waals surface area contributed by atoms with Crippen molar-refractivity contribution in [3.63, 3.8) is 0 Å². The third-order valence-corrected chi connectivity index (χ3v) is 1.07. The van der Waals surface area contributed by atoms with Crippen LogP contribution >= 0.6 is 12.3 Å². The van der Waals surface area contributed by atoms with Crippen LogP contribution in [-0.4, -0.2) is 16.7 Å². The lowest BCUT2D eigenvalue weighted by Gasteiger charge is -2.01. The molecule has 0 aliphatic heterocycles. The number of nitrogens with two attached hydrogens (primary N) is 2. The number of hydrogen-bond acceptors (Lipinski definition) is 6. The average molecular weight is 166 g/mol. The van der Waals surface area contributed by atoms with E-state index in [1.807, 2.05) is 0 Å². The summed E-state index contributed by atoms with van der Waals surface area (Å²) in [7, 11) is 0. The molecule has 0 atom stereocenters. The van der Waals surface area contributed by atoms with Crippen molar-refractivity contribution in [1.82, 2.24) is 0 Å². The second-order valence-corrected chi connectivity index (χ2v) is 2.05. The second-order valence-electron chi connectivity index (χ2n) is 1.73. The summed E-state index contributed by atoms with van der Waals surface area (Å²) in [5.41, 5.74) is 10.3. The summed E-state index contributed by atoms with van der Waals surface area (Å²) in [4.78, 5) is 10.4. The highest BCUT2D eigenvalue weighted by Crippen LogP contribution is 2.00. The molecule has 0 fully saturated rings. The van der Waals surface area contributed by atoms with E-state index in [9.17, 15) is 4.79 Å². The zero-order valence-electron chi connectivity index (χ0n) is 5.32. The minimum atomic E-state index is -0.520. The van der Waals surface area contributed by atoms with E-state index in [1.54, 1.807) is 0 Å². The molecule has 0 bridgehead atoms. The van der Waals surface area contributed by atoms with Gasteiger partial charge < -0.3 is 15.7 Å². The lowest BCUT2D eigenvalue weighted by molar-refractivity contribution is -0.133. The Morgan fingerprint density at radius 3 is 2.70 bits per heavy atom. The molecular weight excluding hydrogens is 156 g/mol. The smallest absolute Gasteiger partial charge is 0.320 e. The third-order valence-electron chi connectivity index (χ3n) is 0.812. The molecule has 0 unspecified atom stereocenters. The van der Waals surface area contributed by atoms with Gasteiger partial charge in [0.15, 0.2) is 0 Å². The van der Waals surface area contributed by atoms with Gasteiger partial charge in [-0.1, -0.05) is 0 Å². The summed E-state index contributed by atoms with van der Waals surface area (Å²) in [6.45, 7) is 0. The SMILES string of the molecule is NC(N)CCC(=O)OSO. The molecule has 0 aromatic heterocycles. The summed E-state index contributed by atoms with van der Waals surface area (Å²) >= 11 is 0.0302. The highest BCUT2D eigenvalue weighted by molar-refractivity contribution is 7.89. The topological polar surface area (TPSA) is 98.6 Å². The van der Waals surface area contributed by atoms with Crippen LogP contribution in [0, 0.1) is 0 Å². The standard InChI is InChI=1S/C4H10N2O3S/c5-3(6)1-2-4(7)9-10-8/h3,8H,1-2,5-6H2. The van der Waals surface area contributed by atoms with Crippen molar-refractivity contribution < 1.29 is 13.5 Å². The molecule has 0 amide bonds. The van der Waals surface area contributed by atoms with Gasteiger partial charge in [-0.25, -0.2) is 0 Å². The third kappa shape index (κ3) is 5.83. The molecule has 0 rings (SSSR count). The molecule has 10 heavy (non-hydrogen) atoms. The van der Waals surface area contributed by atoms with E-state index in [2.05, 4.69) is 4.18 Å². The van der Waals surface area contributed by atoms with E-state index in [0.717, 1.165) is 0 Å². The summed E-state index contributed by atoms with van der Waals surface area (Å²) in [6, 6.07) is 0. The Labute approximate surface area is 63.1 Å². The van der Waals surface area contributed by atoms with Gasteiger partial charge in [0.2, 0.25) is 12.3 Å². The molecule has 0 aromatic rings. The van der Waals surface area contributed by atoms with Crippen LogP contribution in [0.4, 0.5) is 0 Å². The van der Waals surface area contributed by atoms with Crippen LogP contribution in [0.2, 0.25) is 0 Å². The van der Waals surface area contributed by atoms with E-state index in [4.69, 9.17) is 16.0 Å². The Balaban J connectivity index is 3.22. The minimum Gasteiger partial charge on any atom is -0.364 e. The monoisotopic (exact) mass is 166 g/mol. The zero-order valence-corrected chi connectivity index (χ0v) is 6.13. The first-order valence-electron chi connectivity index (χ1n) is 2.69. The fourth-order valence-electron chi connectivity index (χ4n) is 0.368. The molecule has 0 radical (unpaired) electrons. The molecule has 6 heteroatoms. The van der Waals surface area contributed by atoms with Crippen LogP contribution in [0.5, 0.6) is 0 Å². The van der Waals surface area contributed by atoms with Crippen molar-refractivity contribution in [2.45, 2.75) is 19.0 Å². The van der Waals surface area contributed by atoms with Gasteiger partial charge in [0, 0.05) is 6.42 Å². The molecule has 0 saturated carbocycles. The fourth-order valence-corrected chi connectivity index (χ4v) is 0.534. The van der Waals surface area contributed by atoms with Crippen molar-refractivity contribution >= 4 is 18.3 Å². The van der Waals surface area contributed by atoms with Gasteiger partial charge >= 0.3 is 5.97 Å². The Bertz CT molecular complexity index is 109. The second kappa shape index (κ2) is 5.48. The Morgan fingerprint density at radius 1 is 1.70 bits per heavy atom. The van der Waals surface area contributed by atoms with Gasteiger partial charge in [-0.15, -0.1) is 0 Å². The largest absolute Gasteiger partial charge is 0.364 e. The maximum absolute atomic E-state index is 10.4. The lowest BCUT2D eigenvalue weighted by atomic mass is 10.3. The van der Waals surface area contributed by atoms with Crippen LogP contribution in [-0.2, 0) is 8.98 Å². The van der Waals surface area contributed by atoms with Crippen LogP contribution in [0.3, 0.4) is 0 Å². The van der Waals surface area contributed by atoms with E-state index >= 15 is 0 Å². The molecule has 60 valence electrons. The van der Waals surface area contributed by atoms with Gasteiger partial charge in [-0.2, -0.15) is 0 Å². The molecule has 0 saturated heterocycles. The van der Waals surface area contributed by atoms with Crippen molar-refractivity contribution in [3.05, 3.63) is 0 Å². The molecule has 0 aromatic carbocycles. The van der Waals surface area contributed by atoms with Crippen molar-refractivity contribution in [1.29, 1.82) is 0 Å². The van der Waals surface area contributed by atoms with Crippen LogP contribution < -0.4 is 11.5 Å². The molecule has 0 spiro atoms. The summed E-state index contributed by atoms with van der Waals surface area (Å²) in [5, 5.41) is 0. The van der Waals surface area contributed by atoms with Gasteiger partial charge in [0.25, 0.3) is 0 Å². The normalized spacial score (nSPS) is 10.0. The Morgan fingerprint density at radius 2 is 2.30 bits per heavy atom. The van der Waals surface area contributed by atoms with Gasteiger partial charge in [0.05, 0.1) is 6.17 Å². The predicted octanol–water partition coefficient (Wildman–Crippen LogP) is -0.326. The van der Waals surface area contributed by atoms with E-state index in [-0.39, 0.29) is 18.7 Å². The van der Waals surface area contributed by atoms with Crippen molar-refractivity contribution in [2.75, 3.05) is 0 Å². The van der Waals surface area contributed by atoms with Gasteiger partial charge in [0.1, 0.15) is 0 Å². The zero-order chi connectivity index (χ0) is 7.98. The summed E-state index contributed by atoms with van der Waals surface area (Å²) in [5.74, 6) is -0.520. The fraction of sp³-hybridized carbons (Fsp3) is 0.750. The number of hydrogen-bond donors (Lipinski definition) is 3. The van der Waals surface area contributed by atoms with E-state index < -0.39 is 12.1 Å². The summed E-state index contributed by atoms with van der Waals surface area (Å²) < 4.78 is 12.1. The number of carbonyl (C=O) groups excluding carboxylic acids is 1. The first-order valence-corrected chi connectivity index (χ1v) is 3.38. The molecule has 5 N–H and O–H groups in total. The minimum absolute atomic E-state index is 0.0302. The van der Waals surface area contributed by atoms with Gasteiger partial charge in [-0.3, -0.25) is 9.35 Å². The van der Waals surface area contributed by atoms with Crippen molar-refractivity contribution in [3.8, 4) is 0 Å². The first-order chi connectivity index (χ1) is 4.66. The van der Waals surface area contributed by atoms with E-state index in [1.165, 1.54) is 0 Å². The molecule has 0 aliphatic rings. The molecular formula is C4H10N2O3S. The Hall–Kier alpha value is -0.300. The number of carbonyl (C=O) groups is 1. The number of rotatable bonds is 4. The molecule has 0 aliphatic carbocycles. The van der Waals surface area contributed by atoms with Crippen molar-refractivity contribution in [2.24, 2.45) is 11.5 Å². The van der Waals surface area contributed by atoms with Crippen LogP contribution in [0.15, 0.2) is 0 Å². The average Bonchev–Trinajstić information content (AvgIpc) is 1.85. The lowest BCUT2D eigenvalue weighted by Crippen LogP contribution is -2.30. The maximum Gasteiger partial charge on any atom is 0.320 e. The highest BCUT2D eigenvalue weighted by atomic mass is 32.2. The first kappa shape index (κ1) is 9.70. The van der Waals surface area contributed by atoms with Crippen LogP contribution in [0.25, 0.3) is 0 Å². The van der Waals surface area contributed by atoms with Crippen LogP contribution in [0.1, 0.15) is 12.8 Å². The highest BCUT2D eigenvalue weighted by Gasteiger charge is 2.04. The molecule has 0 heterocycles.